The molecule has 0 amide bonds. The number of methoxy groups -OCH3 is 1. The first-order valence-corrected chi connectivity index (χ1v) is 6.00. The van der Waals surface area contributed by atoms with Crippen molar-refractivity contribution in [2.75, 3.05) is 20.2 Å². The molecule has 88 valence electrons. The number of halogens is 1. The van der Waals surface area contributed by atoms with Crippen LogP contribution in [0.2, 0.25) is 0 Å². The number of nitrogens with one attached hydrogen (secondary N) is 1. The highest BCUT2D eigenvalue weighted by Gasteiger charge is 2.15. The molecule has 1 unspecified atom stereocenters. The molecule has 1 atom stereocenters. The Hall–Kier alpha value is -0.870. The molecule has 4 heteroatoms. The number of carbonyl (C=O) groups excluding carboxylic acids is 1. The Balaban J connectivity index is 0.000000280. The number of rotatable bonds is 2. The first kappa shape index (κ1) is 13.2. The van der Waals surface area contributed by atoms with E-state index in [1.165, 1.54) is 25.6 Å². The molecule has 0 spiro atoms. The summed E-state index contributed by atoms with van der Waals surface area (Å²) in [5.74, 6) is 0.734. The maximum Gasteiger partial charge on any atom is 0.292 e. The van der Waals surface area contributed by atoms with Crippen LogP contribution in [-0.2, 0) is 9.53 Å². The van der Waals surface area contributed by atoms with E-state index in [9.17, 15) is 0 Å². The number of ether oxygens (including phenoxy) is 1. The van der Waals surface area contributed by atoms with Gasteiger partial charge in [0, 0.05) is 11.0 Å². The van der Waals surface area contributed by atoms with Gasteiger partial charge in [-0.3, -0.25) is 4.79 Å². The van der Waals surface area contributed by atoms with Crippen LogP contribution in [0, 0.1) is 0 Å². The van der Waals surface area contributed by atoms with Gasteiger partial charge < -0.3 is 10.1 Å². The van der Waals surface area contributed by atoms with Gasteiger partial charge in [0.1, 0.15) is 0 Å². The SMILES string of the molecule is Brc1ccc(C2CCNC2)cc1.COC=O. The Labute approximate surface area is 104 Å². The van der Waals surface area contributed by atoms with Crippen molar-refractivity contribution in [1.82, 2.24) is 5.32 Å². The molecule has 1 N–H and O–H groups in total. The van der Waals surface area contributed by atoms with E-state index in [-0.39, 0.29) is 0 Å². The van der Waals surface area contributed by atoms with Crippen LogP contribution in [0.1, 0.15) is 17.9 Å². The van der Waals surface area contributed by atoms with Crippen molar-refractivity contribution in [3.8, 4) is 0 Å². The minimum absolute atomic E-state index is 0.375. The number of hydrogen-bond acceptors (Lipinski definition) is 3. The Morgan fingerprint density at radius 2 is 2.06 bits per heavy atom. The van der Waals surface area contributed by atoms with E-state index in [2.05, 4.69) is 50.2 Å². The first-order valence-electron chi connectivity index (χ1n) is 5.20. The zero-order valence-corrected chi connectivity index (χ0v) is 10.9. The fraction of sp³-hybridized carbons (Fsp3) is 0.417. The second kappa shape index (κ2) is 7.41. The molecule has 0 radical (unpaired) electrons. The third kappa shape index (κ3) is 4.33. The molecule has 2 rings (SSSR count). The van der Waals surface area contributed by atoms with E-state index in [4.69, 9.17) is 4.79 Å². The van der Waals surface area contributed by atoms with Crippen molar-refractivity contribution < 1.29 is 9.53 Å². The lowest BCUT2D eigenvalue weighted by atomic mass is 9.99. The van der Waals surface area contributed by atoms with E-state index >= 15 is 0 Å². The molecule has 1 fully saturated rings. The lowest BCUT2D eigenvalue weighted by Crippen LogP contribution is -2.07. The van der Waals surface area contributed by atoms with Gasteiger partial charge in [0.25, 0.3) is 6.47 Å². The van der Waals surface area contributed by atoms with Gasteiger partial charge in [0.2, 0.25) is 0 Å². The van der Waals surface area contributed by atoms with Crippen LogP contribution >= 0.6 is 15.9 Å². The average molecular weight is 286 g/mol. The molecule has 1 aromatic carbocycles. The third-order valence-electron chi connectivity index (χ3n) is 2.50. The summed E-state index contributed by atoms with van der Waals surface area (Å²) in [4.78, 5) is 8.95. The summed E-state index contributed by atoms with van der Waals surface area (Å²) in [6.45, 7) is 2.68. The fourth-order valence-electron chi connectivity index (χ4n) is 1.67. The number of benzene rings is 1. The predicted octanol–water partition coefficient (Wildman–Crippen LogP) is 2.32. The molecule has 1 saturated heterocycles. The third-order valence-corrected chi connectivity index (χ3v) is 3.03. The highest BCUT2D eigenvalue weighted by Crippen LogP contribution is 2.23. The van der Waals surface area contributed by atoms with Crippen LogP contribution in [0.4, 0.5) is 0 Å². The summed E-state index contributed by atoms with van der Waals surface area (Å²) in [6.07, 6.45) is 1.28. The van der Waals surface area contributed by atoms with Gasteiger partial charge in [-0.2, -0.15) is 0 Å². The largest absolute Gasteiger partial charge is 0.471 e. The van der Waals surface area contributed by atoms with Crippen molar-refractivity contribution in [2.45, 2.75) is 12.3 Å². The highest BCUT2D eigenvalue weighted by molar-refractivity contribution is 9.10. The van der Waals surface area contributed by atoms with Gasteiger partial charge in [-0.05, 0) is 36.6 Å². The smallest absolute Gasteiger partial charge is 0.292 e. The maximum atomic E-state index is 8.95. The van der Waals surface area contributed by atoms with E-state index in [1.54, 1.807) is 0 Å². The van der Waals surface area contributed by atoms with Crippen molar-refractivity contribution in [2.24, 2.45) is 0 Å². The quantitative estimate of drug-likeness (QED) is 0.848. The normalized spacial score (nSPS) is 18.5. The summed E-state index contributed by atoms with van der Waals surface area (Å²) in [5.41, 5.74) is 1.46. The number of hydrogen-bond donors (Lipinski definition) is 1. The Bertz CT molecular complexity index is 307. The van der Waals surface area contributed by atoms with E-state index in [0.29, 0.717) is 6.47 Å². The van der Waals surface area contributed by atoms with Crippen LogP contribution in [-0.4, -0.2) is 26.7 Å². The van der Waals surface area contributed by atoms with Crippen LogP contribution in [0.3, 0.4) is 0 Å². The zero-order valence-electron chi connectivity index (χ0n) is 9.28. The van der Waals surface area contributed by atoms with Crippen molar-refractivity contribution in [1.29, 1.82) is 0 Å². The standard InChI is InChI=1S/C10H12BrN.C2H4O2/c11-10-3-1-8(2-4-10)9-5-6-12-7-9;1-4-2-3/h1-4,9,12H,5-7H2;2H,1H3. The predicted molar refractivity (Wildman–Crippen MR) is 67.4 cm³/mol. The monoisotopic (exact) mass is 285 g/mol. The average Bonchev–Trinajstić information content (AvgIpc) is 2.84. The van der Waals surface area contributed by atoms with Gasteiger partial charge in [-0.25, -0.2) is 0 Å². The molecule has 0 aliphatic carbocycles. The fourth-order valence-corrected chi connectivity index (χ4v) is 1.94. The second-order valence-corrected chi connectivity index (χ2v) is 4.49. The summed E-state index contributed by atoms with van der Waals surface area (Å²) < 4.78 is 5.03. The molecule has 16 heavy (non-hydrogen) atoms. The van der Waals surface area contributed by atoms with Gasteiger partial charge >= 0.3 is 0 Å². The molecule has 1 aliphatic heterocycles. The molecule has 0 saturated carbocycles. The molecule has 0 aromatic heterocycles. The topological polar surface area (TPSA) is 38.3 Å². The van der Waals surface area contributed by atoms with Crippen molar-refractivity contribution >= 4 is 22.4 Å². The molecule has 1 heterocycles. The molecular weight excluding hydrogens is 270 g/mol. The molecule has 1 aliphatic rings. The van der Waals surface area contributed by atoms with E-state index in [0.717, 1.165) is 16.9 Å². The zero-order chi connectivity index (χ0) is 11.8. The molecule has 3 nitrogen and oxygen atoms in total. The van der Waals surface area contributed by atoms with Crippen molar-refractivity contribution in [3.05, 3.63) is 34.3 Å². The highest BCUT2D eigenvalue weighted by atomic mass is 79.9. The lowest BCUT2D eigenvalue weighted by molar-refractivity contribution is -0.126. The first-order chi connectivity index (χ1) is 7.77. The van der Waals surface area contributed by atoms with Crippen molar-refractivity contribution in [3.63, 3.8) is 0 Å². The minimum Gasteiger partial charge on any atom is -0.471 e. The summed E-state index contributed by atoms with van der Waals surface area (Å²) >= 11 is 3.44. The molecule has 0 bridgehead atoms. The summed E-state index contributed by atoms with van der Waals surface area (Å²) in [5, 5.41) is 3.37. The van der Waals surface area contributed by atoms with Crippen LogP contribution < -0.4 is 5.32 Å². The van der Waals surface area contributed by atoms with Crippen LogP contribution in [0.25, 0.3) is 0 Å². The summed E-state index contributed by atoms with van der Waals surface area (Å²) in [7, 11) is 1.31. The van der Waals surface area contributed by atoms with E-state index in [1.807, 2.05) is 0 Å². The Kier molecular flexibility index (Phi) is 6.11. The summed E-state index contributed by atoms with van der Waals surface area (Å²) in [6, 6.07) is 8.66. The van der Waals surface area contributed by atoms with Crippen LogP contribution in [0.15, 0.2) is 28.7 Å². The van der Waals surface area contributed by atoms with Gasteiger partial charge in [0.15, 0.2) is 0 Å². The Morgan fingerprint density at radius 1 is 1.44 bits per heavy atom. The van der Waals surface area contributed by atoms with Gasteiger partial charge in [0.05, 0.1) is 7.11 Å². The maximum absolute atomic E-state index is 8.95. The lowest BCUT2D eigenvalue weighted by Gasteiger charge is -2.07. The Morgan fingerprint density at radius 3 is 2.50 bits per heavy atom. The molecule has 1 aromatic rings. The molecular formula is C12H16BrNO2. The van der Waals surface area contributed by atoms with Gasteiger partial charge in [-0.15, -0.1) is 0 Å². The second-order valence-electron chi connectivity index (χ2n) is 3.57. The van der Waals surface area contributed by atoms with Gasteiger partial charge in [-0.1, -0.05) is 28.1 Å². The minimum atomic E-state index is 0.375. The number of carbonyl (C=O) groups is 1. The van der Waals surface area contributed by atoms with Crippen LogP contribution in [0.5, 0.6) is 0 Å². The van der Waals surface area contributed by atoms with E-state index < -0.39 is 0 Å².